The van der Waals surface area contributed by atoms with Gasteiger partial charge in [-0.1, -0.05) is 49.2 Å². The van der Waals surface area contributed by atoms with Crippen molar-refractivity contribution < 1.29 is 9.90 Å². The minimum Gasteiger partial charge on any atom is -0.375 e. The van der Waals surface area contributed by atoms with Gasteiger partial charge in [0.2, 0.25) is 0 Å². The summed E-state index contributed by atoms with van der Waals surface area (Å²) in [7, 11) is 0. The molecule has 31 heavy (non-hydrogen) atoms. The molecule has 0 radical (unpaired) electrons. The summed E-state index contributed by atoms with van der Waals surface area (Å²) in [5, 5.41) is 14.8. The monoisotopic (exact) mass is 420 g/mol. The molecule has 3 fully saturated rings. The number of piperidine rings is 1. The summed E-state index contributed by atoms with van der Waals surface area (Å²) in [5.41, 5.74) is 6.85. The fraction of sp³-hybridized carbons (Fsp3) is 0.520. The Morgan fingerprint density at radius 3 is 2.74 bits per heavy atom. The van der Waals surface area contributed by atoms with Gasteiger partial charge >= 0.3 is 0 Å². The molecule has 1 aliphatic heterocycles. The zero-order valence-electron chi connectivity index (χ0n) is 17.9. The van der Waals surface area contributed by atoms with Crippen LogP contribution in [0.5, 0.6) is 0 Å². The molecule has 2 aliphatic carbocycles. The van der Waals surface area contributed by atoms with Crippen LogP contribution in [0.25, 0.3) is 0 Å². The van der Waals surface area contributed by atoms with E-state index in [2.05, 4.69) is 21.3 Å². The van der Waals surface area contributed by atoms with Crippen LogP contribution in [0.3, 0.4) is 0 Å². The molecule has 2 aromatic rings. The second kappa shape index (κ2) is 8.01. The maximum atomic E-state index is 13.5. The third-order valence-corrected chi connectivity index (χ3v) is 7.82. The predicted molar refractivity (Wildman–Crippen MR) is 118 cm³/mol. The summed E-state index contributed by atoms with van der Waals surface area (Å²) in [6, 6.07) is 13.4. The molecule has 6 nitrogen and oxygen atoms in total. The van der Waals surface area contributed by atoms with E-state index in [1.165, 1.54) is 5.56 Å². The van der Waals surface area contributed by atoms with Crippen molar-refractivity contribution in [1.29, 1.82) is 0 Å². The zero-order chi connectivity index (χ0) is 21.5. The molecule has 0 spiro atoms. The van der Waals surface area contributed by atoms with Crippen LogP contribution in [0.2, 0.25) is 0 Å². The van der Waals surface area contributed by atoms with Crippen LogP contribution in [0.4, 0.5) is 0 Å². The van der Waals surface area contributed by atoms with Crippen LogP contribution in [0, 0.1) is 17.3 Å². The van der Waals surface area contributed by atoms with Crippen molar-refractivity contribution in [3.8, 4) is 0 Å². The van der Waals surface area contributed by atoms with Crippen molar-refractivity contribution in [1.82, 2.24) is 15.2 Å². The number of benzene rings is 1. The molecular weight excluding hydrogens is 388 g/mol. The van der Waals surface area contributed by atoms with Crippen LogP contribution in [-0.4, -0.2) is 40.2 Å². The lowest BCUT2D eigenvalue weighted by Crippen LogP contribution is -2.57. The molecule has 4 N–H and O–H groups in total. The molecule has 4 atom stereocenters. The summed E-state index contributed by atoms with van der Waals surface area (Å²) < 4.78 is 0. The van der Waals surface area contributed by atoms with Crippen LogP contribution in [0.15, 0.2) is 54.9 Å². The van der Waals surface area contributed by atoms with E-state index in [0.717, 1.165) is 51.7 Å². The van der Waals surface area contributed by atoms with Crippen LogP contribution < -0.4 is 11.1 Å². The average molecular weight is 421 g/mol. The molecule has 1 aromatic heterocycles. The lowest BCUT2D eigenvalue weighted by molar-refractivity contribution is -0.148. The molecule has 2 saturated carbocycles. The fourth-order valence-electron chi connectivity index (χ4n) is 5.96. The lowest BCUT2D eigenvalue weighted by Gasteiger charge is -2.35. The number of hydrogen-bond donors (Lipinski definition) is 3. The average Bonchev–Trinajstić information content (AvgIpc) is 3.13. The number of rotatable bonds is 7. The molecule has 1 aromatic carbocycles. The minimum atomic E-state index is -1.52. The van der Waals surface area contributed by atoms with E-state index in [-0.39, 0.29) is 17.2 Å². The molecule has 1 saturated heterocycles. The molecule has 1 amide bonds. The Labute approximate surface area is 183 Å². The highest BCUT2D eigenvalue weighted by atomic mass is 16.3. The third kappa shape index (κ3) is 3.67. The molecule has 4 unspecified atom stereocenters. The maximum Gasteiger partial charge on any atom is 0.258 e. The number of aliphatic hydroxyl groups is 1. The second-order valence-electron chi connectivity index (χ2n) is 9.73. The molecule has 6 heteroatoms. The normalized spacial score (nSPS) is 28.6. The second-order valence-corrected chi connectivity index (χ2v) is 9.73. The largest absolute Gasteiger partial charge is 0.375 e. The number of carbonyl (C=O) groups excluding carboxylic acids is 1. The van der Waals surface area contributed by atoms with E-state index in [4.69, 9.17) is 5.73 Å². The lowest BCUT2D eigenvalue weighted by atomic mass is 9.79. The first kappa shape index (κ1) is 20.6. The highest BCUT2D eigenvalue weighted by Gasteiger charge is 2.63. The predicted octanol–water partition coefficient (Wildman–Crippen LogP) is 2.38. The Morgan fingerprint density at radius 1 is 1.26 bits per heavy atom. The van der Waals surface area contributed by atoms with Crippen molar-refractivity contribution in [3.63, 3.8) is 0 Å². The molecule has 0 bridgehead atoms. The number of hydrogen-bond acceptors (Lipinski definition) is 5. The van der Waals surface area contributed by atoms with Gasteiger partial charge in [-0.3, -0.25) is 14.7 Å². The number of pyridine rings is 1. The van der Waals surface area contributed by atoms with Gasteiger partial charge in [-0.15, -0.1) is 0 Å². The van der Waals surface area contributed by atoms with Crippen molar-refractivity contribution in [2.45, 2.75) is 50.4 Å². The van der Waals surface area contributed by atoms with E-state index >= 15 is 0 Å². The standard InChI is InChI=1S/C25H32N4O2/c26-22(24-13-21(24)16-29(17-24)15-18-7-6-12-27-14-18)28-23(30)25(31,20-10-4-5-11-20)19-8-2-1-3-9-19/h1-3,6-9,12,14,20-22,31H,4-5,10-11,13,15-17,26H2,(H,28,30). The van der Waals surface area contributed by atoms with Gasteiger partial charge in [-0.2, -0.15) is 0 Å². The van der Waals surface area contributed by atoms with Crippen LogP contribution in [0.1, 0.15) is 43.2 Å². The maximum absolute atomic E-state index is 13.5. The van der Waals surface area contributed by atoms with E-state index in [1.54, 1.807) is 6.20 Å². The quantitative estimate of drug-likeness (QED) is 0.598. The number of nitrogens with zero attached hydrogens (tertiary/aromatic N) is 2. The van der Waals surface area contributed by atoms with Crippen molar-refractivity contribution >= 4 is 5.91 Å². The van der Waals surface area contributed by atoms with Gasteiger partial charge in [0, 0.05) is 43.4 Å². The number of nitrogens with one attached hydrogen (secondary N) is 1. The summed E-state index contributed by atoms with van der Waals surface area (Å²) in [4.78, 5) is 20.1. The summed E-state index contributed by atoms with van der Waals surface area (Å²) >= 11 is 0. The van der Waals surface area contributed by atoms with Gasteiger partial charge in [0.05, 0.1) is 6.17 Å². The first-order chi connectivity index (χ1) is 15.0. The summed E-state index contributed by atoms with van der Waals surface area (Å²) in [5.74, 6) is 0.0832. The van der Waals surface area contributed by atoms with Crippen molar-refractivity contribution in [2.75, 3.05) is 13.1 Å². The van der Waals surface area contributed by atoms with Gasteiger partial charge in [-0.05, 0) is 42.4 Å². The summed E-state index contributed by atoms with van der Waals surface area (Å²) in [6.07, 6.45) is 8.09. The molecular formula is C25H32N4O2. The number of amides is 1. The number of aromatic nitrogens is 1. The van der Waals surface area contributed by atoms with Crippen LogP contribution >= 0.6 is 0 Å². The van der Waals surface area contributed by atoms with Crippen molar-refractivity contribution in [2.24, 2.45) is 23.0 Å². The van der Waals surface area contributed by atoms with Gasteiger partial charge in [-0.25, -0.2) is 0 Å². The Hall–Kier alpha value is -2.28. The smallest absolute Gasteiger partial charge is 0.258 e. The number of fused-ring (bicyclic) bond motifs is 1. The molecule has 5 rings (SSSR count). The Morgan fingerprint density at radius 2 is 2.03 bits per heavy atom. The number of carbonyl (C=O) groups is 1. The fourth-order valence-corrected chi connectivity index (χ4v) is 5.96. The highest BCUT2D eigenvalue weighted by molar-refractivity contribution is 5.87. The topological polar surface area (TPSA) is 91.5 Å². The molecule has 164 valence electrons. The first-order valence-corrected chi connectivity index (χ1v) is 11.5. The third-order valence-electron chi connectivity index (χ3n) is 7.82. The van der Waals surface area contributed by atoms with Crippen molar-refractivity contribution in [3.05, 3.63) is 66.0 Å². The summed E-state index contributed by atoms with van der Waals surface area (Å²) in [6.45, 7) is 2.70. The highest BCUT2D eigenvalue weighted by Crippen LogP contribution is 2.59. The first-order valence-electron chi connectivity index (χ1n) is 11.5. The SMILES string of the molecule is NC(NC(=O)C(O)(c1ccccc1)C1CCCC1)C12CC1CN(Cc1cccnc1)C2. The Bertz CT molecular complexity index is 918. The van der Waals surface area contributed by atoms with Gasteiger partial charge < -0.3 is 16.2 Å². The van der Waals surface area contributed by atoms with Crippen LogP contribution in [-0.2, 0) is 16.9 Å². The van der Waals surface area contributed by atoms with E-state index in [9.17, 15) is 9.90 Å². The molecule has 2 heterocycles. The molecule has 3 aliphatic rings. The number of likely N-dealkylation sites (tertiary alicyclic amines) is 1. The van der Waals surface area contributed by atoms with E-state index in [1.807, 2.05) is 42.6 Å². The zero-order valence-corrected chi connectivity index (χ0v) is 17.9. The minimum absolute atomic E-state index is 0.0692. The van der Waals surface area contributed by atoms with Gasteiger partial charge in [0.1, 0.15) is 0 Å². The van der Waals surface area contributed by atoms with E-state index < -0.39 is 11.8 Å². The van der Waals surface area contributed by atoms with E-state index in [0.29, 0.717) is 11.5 Å². The van der Waals surface area contributed by atoms with Gasteiger partial charge in [0.25, 0.3) is 5.91 Å². The number of nitrogens with two attached hydrogens (primary N) is 1. The van der Waals surface area contributed by atoms with Gasteiger partial charge in [0.15, 0.2) is 5.60 Å². The Kier molecular flexibility index (Phi) is 5.32. The Balaban J connectivity index is 1.29.